The van der Waals surface area contributed by atoms with Crippen LogP contribution in [0, 0.1) is 6.92 Å². The number of benzene rings is 1. The van der Waals surface area contributed by atoms with Crippen LogP contribution in [-0.4, -0.2) is 14.6 Å². The topological polar surface area (TPSA) is 30.2 Å². The number of thioether (sulfide) groups is 1. The first-order valence-electron chi connectivity index (χ1n) is 6.64. The van der Waals surface area contributed by atoms with E-state index in [4.69, 9.17) is 11.6 Å². The van der Waals surface area contributed by atoms with Crippen molar-refractivity contribution < 1.29 is 13.2 Å². The first kappa shape index (κ1) is 16.1. The minimum Gasteiger partial charge on any atom is -0.276 e. The van der Waals surface area contributed by atoms with Crippen molar-refractivity contribution in [1.29, 1.82) is 0 Å². The van der Waals surface area contributed by atoms with Gasteiger partial charge in [0.25, 0.3) is 0 Å². The van der Waals surface area contributed by atoms with Crippen LogP contribution in [0.25, 0.3) is 5.65 Å². The number of hydrogen-bond donors (Lipinski definition) is 0. The second kappa shape index (κ2) is 6.05. The molecule has 0 saturated heterocycles. The van der Waals surface area contributed by atoms with E-state index in [-0.39, 0.29) is 10.7 Å². The van der Waals surface area contributed by atoms with Crippen LogP contribution >= 0.6 is 23.4 Å². The van der Waals surface area contributed by atoms with Gasteiger partial charge in [-0.2, -0.15) is 13.2 Å². The molecule has 0 aliphatic rings. The summed E-state index contributed by atoms with van der Waals surface area (Å²) >= 11 is 7.20. The van der Waals surface area contributed by atoms with Gasteiger partial charge in [-0.3, -0.25) is 4.40 Å². The van der Waals surface area contributed by atoms with Gasteiger partial charge >= 0.3 is 6.18 Å². The molecule has 0 saturated carbocycles. The molecule has 120 valence electrons. The van der Waals surface area contributed by atoms with E-state index in [0.717, 1.165) is 23.4 Å². The van der Waals surface area contributed by atoms with Crippen LogP contribution in [0.5, 0.6) is 0 Å². The Morgan fingerprint density at radius 1 is 1.22 bits per heavy atom. The summed E-state index contributed by atoms with van der Waals surface area (Å²) in [4.78, 5) is 0. The lowest BCUT2D eigenvalue weighted by Crippen LogP contribution is -2.07. The van der Waals surface area contributed by atoms with Crippen molar-refractivity contribution in [3.05, 3.63) is 58.2 Å². The van der Waals surface area contributed by atoms with E-state index in [1.807, 2.05) is 31.2 Å². The Hall–Kier alpha value is -1.73. The summed E-state index contributed by atoms with van der Waals surface area (Å²) in [6, 6.07) is 8.75. The maximum Gasteiger partial charge on any atom is 0.417 e. The molecular weight excluding hydrogens is 347 g/mol. The highest BCUT2D eigenvalue weighted by Crippen LogP contribution is 2.33. The van der Waals surface area contributed by atoms with E-state index in [9.17, 15) is 13.2 Å². The average molecular weight is 358 g/mol. The third-order valence-electron chi connectivity index (χ3n) is 3.21. The molecular formula is C15H11ClF3N3S. The fourth-order valence-corrected chi connectivity index (χ4v) is 3.24. The highest BCUT2D eigenvalue weighted by molar-refractivity contribution is 7.98. The highest BCUT2D eigenvalue weighted by atomic mass is 35.5. The van der Waals surface area contributed by atoms with Crippen LogP contribution in [0.2, 0.25) is 5.02 Å². The van der Waals surface area contributed by atoms with E-state index in [1.165, 1.54) is 16.2 Å². The Morgan fingerprint density at radius 3 is 2.70 bits per heavy atom. The Labute approximate surface area is 139 Å². The molecule has 0 atom stereocenters. The number of aromatic nitrogens is 3. The number of hydrogen-bond acceptors (Lipinski definition) is 3. The lowest BCUT2D eigenvalue weighted by atomic mass is 10.2. The molecule has 0 amide bonds. The van der Waals surface area contributed by atoms with Crippen LogP contribution in [-0.2, 0) is 11.9 Å². The summed E-state index contributed by atoms with van der Waals surface area (Å²) in [5.74, 6) is 0.580. The number of nitrogens with zero attached hydrogens (tertiary/aromatic N) is 3. The number of fused-ring (bicyclic) bond motifs is 1. The van der Waals surface area contributed by atoms with Crippen LogP contribution in [0.1, 0.15) is 16.7 Å². The van der Waals surface area contributed by atoms with Crippen LogP contribution < -0.4 is 0 Å². The molecule has 0 fully saturated rings. The molecule has 0 spiro atoms. The quantitative estimate of drug-likeness (QED) is 0.618. The van der Waals surface area contributed by atoms with Gasteiger partial charge in [0.05, 0.1) is 10.6 Å². The fourth-order valence-electron chi connectivity index (χ4n) is 2.14. The minimum atomic E-state index is -4.47. The third kappa shape index (κ3) is 3.45. The number of halogens is 4. The molecule has 0 bridgehead atoms. The Kier molecular flexibility index (Phi) is 4.25. The van der Waals surface area contributed by atoms with Crippen molar-refractivity contribution in [2.45, 2.75) is 24.0 Å². The zero-order valence-electron chi connectivity index (χ0n) is 11.9. The summed E-state index contributed by atoms with van der Waals surface area (Å²) in [6.45, 7) is 1.98. The lowest BCUT2D eigenvalue weighted by molar-refractivity contribution is -0.137. The third-order valence-corrected chi connectivity index (χ3v) is 4.50. The molecule has 2 aromatic heterocycles. The molecule has 1 aromatic carbocycles. The predicted molar refractivity (Wildman–Crippen MR) is 83.7 cm³/mol. The standard InChI is InChI=1S/C15H11ClF3N3S/c1-9-3-2-4-10(5-9)8-23-14-21-20-13-12(16)6-11(7-22(13)14)15(17,18)19/h2-7H,8H2,1H3. The Morgan fingerprint density at radius 2 is 2.00 bits per heavy atom. The summed E-state index contributed by atoms with van der Waals surface area (Å²) in [5.41, 5.74) is 1.57. The van der Waals surface area contributed by atoms with Gasteiger partial charge in [-0.1, -0.05) is 53.2 Å². The molecule has 8 heteroatoms. The first-order valence-corrected chi connectivity index (χ1v) is 8.01. The molecule has 3 nitrogen and oxygen atoms in total. The Balaban J connectivity index is 1.93. The van der Waals surface area contributed by atoms with E-state index in [1.54, 1.807) is 0 Å². The van der Waals surface area contributed by atoms with Crippen molar-refractivity contribution in [2.75, 3.05) is 0 Å². The summed E-state index contributed by atoms with van der Waals surface area (Å²) < 4.78 is 40.0. The van der Waals surface area contributed by atoms with Gasteiger partial charge in [-0.25, -0.2) is 0 Å². The van der Waals surface area contributed by atoms with Gasteiger partial charge in [-0.05, 0) is 18.6 Å². The number of pyridine rings is 1. The molecule has 0 N–H and O–H groups in total. The second-order valence-corrected chi connectivity index (χ2v) is 6.38. The molecule has 0 aliphatic carbocycles. The summed E-state index contributed by atoms with van der Waals surface area (Å²) in [5, 5.41) is 8.10. The van der Waals surface area contributed by atoms with Gasteiger partial charge < -0.3 is 0 Å². The largest absolute Gasteiger partial charge is 0.417 e. The predicted octanol–water partition coefficient (Wildman–Crippen LogP) is 5.00. The van der Waals surface area contributed by atoms with Gasteiger partial charge in [0.2, 0.25) is 0 Å². The van der Waals surface area contributed by atoms with Gasteiger partial charge in [0.1, 0.15) is 0 Å². The van der Waals surface area contributed by atoms with Crippen molar-refractivity contribution in [3.63, 3.8) is 0 Å². The van der Waals surface area contributed by atoms with Gasteiger partial charge in [0.15, 0.2) is 10.8 Å². The van der Waals surface area contributed by atoms with Crippen LogP contribution in [0.4, 0.5) is 13.2 Å². The molecule has 3 rings (SSSR count). The maximum absolute atomic E-state index is 12.9. The van der Waals surface area contributed by atoms with E-state index in [0.29, 0.717) is 10.9 Å². The zero-order chi connectivity index (χ0) is 16.6. The molecule has 0 unspecified atom stereocenters. The van der Waals surface area contributed by atoms with Crippen molar-refractivity contribution in [1.82, 2.24) is 14.6 Å². The molecule has 2 heterocycles. The van der Waals surface area contributed by atoms with Crippen LogP contribution in [0.3, 0.4) is 0 Å². The van der Waals surface area contributed by atoms with Gasteiger partial charge in [0, 0.05) is 11.9 Å². The van der Waals surface area contributed by atoms with Crippen molar-refractivity contribution >= 4 is 29.0 Å². The lowest BCUT2D eigenvalue weighted by Gasteiger charge is -2.08. The molecule has 3 aromatic rings. The zero-order valence-corrected chi connectivity index (χ0v) is 13.5. The molecule has 23 heavy (non-hydrogen) atoms. The van der Waals surface area contributed by atoms with E-state index < -0.39 is 11.7 Å². The second-order valence-electron chi connectivity index (χ2n) is 5.03. The van der Waals surface area contributed by atoms with Crippen molar-refractivity contribution in [3.8, 4) is 0 Å². The Bertz CT molecular complexity index is 861. The van der Waals surface area contributed by atoms with Crippen molar-refractivity contribution in [2.24, 2.45) is 0 Å². The average Bonchev–Trinajstić information content (AvgIpc) is 2.88. The van der Waals surface area contributed by atoms with E-state index in [2.05, 4.69) is 10.2 Å². The number of aryl methyl sites for hydroxylation is 1. The summed E-state index contributed by atoms with van der Waals surface area (Å²) in [6.07, 6.45) is -3.50. The normalized spacial score (nSPS) is 12.0. The smallest absolute Gasteiger partial charge is 0.276 e. The maximum atomic E-state index is 12.9. The summed E-state index contributed by atoms with van der Waals surface area (Å²) in [7, 11) is 0. The SMILES string of the molecule is Cc1cccc(CSc2nnc3c(Cl)cc(C(F)(F)F)cn23)c1. The fraction of sp³-hybridized carbons (Fsp3) is 0.200. The van der Waals surface area contributed by atoms with E-state index >= 15 is 0 Å². The molecule has 0 radical (unpaired) electrons. The number of rotatable bonds is 3. The van der Waals surface area contributed by atoms with Gasteiger partial charge in [-0.15, -0.1) is 10.2 Å². The number of alkyl halides is 3. The monoisotopic (exact) mass is 357 g/mol. The first-order chi connectivity index (χ1) is 10.8. The van der Waals surface area contributed by atoms with Crippen LogP contribution in [0.15, 0.2) is 41.7 Å². The molecule has 0 aliphatic heterocycles. The minimum absolute atomic E-state index is 0.0743. The highest BCUT2D eigenvalue weighted by Gasteiger charge is 2.32.